The van der Waals surface area contributed by atoms with Gasteiger partial charge in [0.15, 0.2) is 5.82 Å². The molecule has 0 aliphatic carbocycles. The van der Waals surface area contributed by atoms with Gasteiger partial charge in [-0.2, -0.15) is 10.1 Å². The summed E-state index contributed by atoms with van der Waals surface area (Å²) in [5, 5.41) is 20.2. The van der Waals surface area contributed by atoms with Crippen LogP contribution in [-0.4, -0.2) is 58.8 Å². The molecule has 2 aromatic rings. The van der Waals surface area contributed by atoms with E-state index in [0.717, 1.165) is 49.3 Å². The lowest BCUT2D eigenvalue weighted by Gasteiger charge is -2.30. The first-order valence-corrected chi connectivity index (χ1v) is 11.8. The number of halogens is 1. The highest BCUT2D eigenvalue weighted by molar-refractivity contribution is 6.32. The number of carbonyl (C=O) groups excluding carboxylic acids is 1. The van der Waals surface area contributed by atoms with Crippen molar-refractivity contribution in [2.75, 3.05) is 35.6 Å². The highest BCUT2D eigenvalue weighted by atomic mass is 35.5. The number of carbonyl (C=O) groups is 1. The van der Waals surface area contributed by atoms with E-state index in [2.05, 4.69) is 41.3 Å². The number of hydrogen-bond acceptors (Lipinski definition) is 8. The van der Waals surface area contributed by atoms with Gasteiger partial charge >= 0.3 is 0 Å². The van der Waals surface area contributed by atoms with E-state index in [1.54, 1.807) is 6.20 Å². The number of piperidine rings is 1. The Balaban J connectivity index is 1.25. The minimum atomic E-state index is -0.585. The van der Waals surface area contributed by atoms with Gasteiger partial charge in [0.25, 0.3) is 0 Å². The Kier molecular flexibility index (Phi) is 5.84. The smallest absolute Gasteiger partial charge is 0.234 e. The maximum atomic E-state index is 12.4. The number of rotatable bonds is 6. The van der Waals surface area contributed by atoms with Crippen LogP contribution in [0.2, 0.25) is 5.02 Å². The molecule has 0 bridgehead atoms. The van der Waals surface area contributed by atoms with Crippen LogP contribution in [-0.2, 0) is 16.8 Å². The lowest BCUT2D eigenvalue weighted by atomic mass is 9.83. The van der Waals surface area contributed by atoms with Crippen LogP contribution in [0.25, 0.3) is 0 Å². The van der Waals surface area contributed by atoms with Gasteiger partial charge < -0.3 is 21.3 Å². The van der Waals surface area contributed by atoms with Crippen molar-refractivity contribution in [1.82, 2.24) is 20.3 Å². The van der Waals surface area contributed by atoms with Gasteiger partial charge in [0.2, 0.25) is 11.9 Å². The minimum Gasteiger partial charge on any atom is -0.365 e. The summed E-state index contributed by atoms with van der Waals surface area (Å²) in [6, 6.07) is 6.42. The third kappa shape index (κ3) is 4.35. The van der Waals surface area contributed by atoms with Gasteiger partial charge in [-0.1, -0.05) is 23.7 Å². The molecule has 9 nitrogen and oxygen atoms in total. The second kappa shape index (κ2) is 8.79. The molecule has 33 heavy (non-hydrogen) atoms. The van der Waals surface area contributed by atoms with Crippen LogP contribution in [0, 0.1) is 0 Å². The summed E-state index contributed by atoms with van der Waals surface area (Å²) in [5.41, 5.74) is 2.31. The predicted octanol–water partition coefficient (Wildman–Crippen LogP) is 2.81. The second-order valence-corrected chi connectivity index (χ2v) is 9.69. The topological polar surface area (TPSA) is 107 Å². The zero-order chi connectivity index (χ0) is 23.0. The molecule has 0 spiro atoms. The molecular weight excluding hydrogens is 440 g/mol. The standard InChI is InChI=1S/C23H29ClN8O/c1-23(2)19-14(4-3-5-18(19)30-21(23)33)10-26-20-17(24)12-27-22(31-20)29-15-11-28-32(13-15)16-6-8-25-9-7-16/h3-5,11-12,15-16,25H,6-10,13H2,1-2H3,(H,30,33)(H2,26,27,29,31). The van der Waals surface area contributed by atoms with Crippen molar-refractivity contribution in [1.29, 1.82) is 0 Å². The molecule has 0 radical (unpaired) electrons. The van der Waals surface area contributed by atoms with E-state index in [9.17, 15) is 4.79 Å². The van der Waals surface area contributed by atoms with Crippen molar-refractivity contribution in [3.63, 3.8) is 0 Å². The highest BCUT2D eigenvalue weighted by Gasteiger charge is 2.39. The fourth-order valence-electron chi connectivity index (χ4n) is 4.78. The summed E-state index contributed by atoms with van der Waals surface area (Å²) >= 11 is 6.38. The molecule has 1 aromatic heterocycles. The van der Waals surface area contributed by atoms with Crippen LogP contribution in [0.1, 0.15) is 37.8 Å². The summed E-state index contributed by atoms with van der Waals surface area (Å²) in [4.78, 5) is 21.3. The fourth-order valence-corrected chi connectivity index (χ4v) is 4.94. The monoisotopic (exact) mass is 468 g/mol. The number of hydrazone groups is 1. The van der Waals surface area contributed by atoms with Gasteiger partial charge in [-0.15, -0.1) is 0 Å². The Bertz CT molecular complexity index is 1080. The Hall–Kier alpha value is -2.91. The molecule has 1 atom stereocenters. The van der Waals surface area contributed by atoms with Crippen molar-refractivity contribution in [3.8, 4) is 0 Å². The van der Waals surface area contributed by atoms with Crippen molar-refractivity contribution in [2.45, 2.75) is 50.7 Å². The molecule has 1 saturated heterocycles. The van der Waals surface area contributed by atoms with Crippen LogP contribution in [0.5, 0.6) is 0 Å². The Morgan fingerprint density at radius 1 is 1.27 bits per heavy atom. The summed E-state index contributed by atoms with van der Waals surface area (Å²) in [7, 11) is 0. The quantitative estimate of drug-likeness (QED) is 0.516. The number of benzene rings is 1. The highest BCUT2D eigenvalue weighted by Crippen LogP contribution is 2.39. The molecule has 1 unspecified atom stereocenters. The fraction of sp³-hybridized carbons (Fsp3) is 0.478. The lowest BCUT2D eigenvalue weighted by molar-refractivity contribution is -0.119. The molecule has 1 fully saturated rings. The van der Waals surface area contributed by atoms with Crippen LogP contribution in [0.3, 0.4) is 0 Å². The number of anilines is 3. The normalized spacial score (nSPS) is 21.7. The van der Waals surface area contributed by atoms with E-state index >= 15 is 0 Å². The zero-order valence-electron chi connectivity index (χ0n) is 18.9. The molecule has 4 heterocycles. The van der Waals surface area contributed by atoms with Gasteiger partial charge in [0.1, 0.15) is 5.02 Å². The number of aromatic nitrogens is 2. The van der Waals surface area contributed by atoms with Crippen molar-refractivity contribution in [3.05, 3.63) is 40.5 Å². The van der Waals surface area contributed by atoms with Crippen LogP contribution in [0.4, 0.5) is 17.5 Å². The zero-order valence-corrected chi connectivity index (χ0v) is 19.6. The van der Waals surface area contributed by atoms with Gasteiger partial charge in [-0.3, -0.25) is 9.80 Å². The number of nitrogens with zero attached hydrogens (tertiary/aromatic N) is 4. The SMILES string of the molecule is CC1(C)C(=O)Nc2cccc(CNc3nc(NC4C=NN(C5CCNCC5)C4)ncc3Cl)c21. The van der Waals surface area contributed by atoms with Crippen molar-refractivity contribution < 1.29 is 4.79 Å². The average Bonchev–Trinajstić information content (AvgIpc) is 3.37. The van der Waals surface area contributed by atoms with Gasteiger partial charge in [-0.05, 0) is 57.0 Å². The summed E-state index contributed by atoms with van der Waals surface area (Å²) in [6.45, 7) is 7.24. The predicted molar refractivity (Wildman–Crippen MR) is 131 cm³/mol. The average molecular weight is 469 g/mol. The first-order chi connectivity index (χ1) is 15.9. The Morgan fingerprint density at radius 2 is 2.09 bits per heavy atom. The molecule has 0 saturated carbocycles. The second-order valence-electron chi connectivity index (χ2n) is 9.28. The van der Waals surface area contributed by atoms with Crippen LogP contribution >= 0.6 is 11.6 Å². The largest absolute Gasteiger partial charge is 0.365 e. The first-order valence-electron chi connectivity index (χ1n) is 11.4. The third-order valence-electron chi connectivity index (χ3n) is 6.61. The van der Waals surface area contributed by atoms with Crippen LogP contribution in [0.15, 0.2) is 29.5 Å². The molecule has 3 aliphatic rings. The van der Waals surface area contributed by atoms with E-state index in [-0.39, 0.29) is 11.9 Å². The van der Waals surface area contributed by atoms with Gasteiger partial charge in [0, 0.05) is 24.5 Å². The van der Waals surface area contributed by atoms with E-state index in [1.807, 2.05) is 38.3 Å². The Morgan fingerprint density at radius 3 is 2.91 bits per heavy atom. The van der Waals surface area contributed by atoms with E-state index in [4.69, 9.17) is 11.6 Å². The summed E-state index contributed by atoms with van der Waals surface area (Å²) < 4.78 is 0. The summed E-state index contributed by atoms with van der Waals surface area (Å²) in [5.74, 6) is 1.06. The minimum absolute atomic E-state index is 0.00765. The number of fused-ring (bicyclic) bond motifs is 1. The number of nitrogens with one attached hydrogen (secondary N) is 4. The maximum absolute atomic E-state index is 12.4. The molecule has 3 aliphatic heterocycles. The van der Waals surface area contributed by atoms with Crippen LogP contribution < -0.4 is 21.3 Å². The molecule has 174 valence electrons. The third-order valence-corrected chi connectivity index (χ3v) is 6.88. The molecular formula is C23H29ClN8O. The lowest BCUT2D eigenvalue weighted by Crippen LogP contribution is -2.41. The van der Waals surface area contributed by atoms with E-state index in [0.29, 0.717) is 29.4 Å². The first kappa shape index (κ1) is 21.9. The van der Waals surface area contributed by atoms with Gasteiger partial charge in [0.05, 0.1) is 24.2 Å². The number of hydrogen-bond donors (Lipinski definition) is 4. The molecule has 10 heteroatoms. The molecule has 4 N–H and O–H groups in total. The molecule has 5 rings (SSSR count). The van der Waals surface area contributed by atoms with Crippen molar-refractivity contribution in [2.24, 2.45) is 5.10 Å². The number of amides is 1. The summed E-state index contributed by atoms with van der Waals surface area (Å²) in [6.07, 6.45) is 5.74. The van der Waals surface area contributed by atoms with Crippen molar-refractivity contribution >= 4 is 41.2 Å². The molecule has 1 amide bonds. The van der Waals surface area contributed by atoms with E-state index < -0.39 is 5.41 Å². The maximum Gasteiger partial charge on any atom is 0.234 e. The Labute approximate surface area is 198 Å². The van der Waals surface area contributed by atoms with Gasteiger partial charge in [-0.25, -0.2) is 4.98 Å². The molecule has 1 aromatic carbocycles. The van der Waals surface area contributed by atoms with E-state index in [1.165, 1.54) is 0 Å².